The van der Waals surface area contributed by atoms with Crippen LogP contribution in [0.3, 0.4) is 0 Å². The number of hydrogen-bond donors (Lipinski definition) is 1. The van der Waals surface area contributed by atoms with E-state index in [0.29, 0.717) is 0 Å². The molecule has 0 aromatic carbocycles. The maximum atomic E-state index is 12.0. The average Bonchev–Trinajstić information content (AvgIpc) is 2.99. The van der Waals surface area contributed by atoms with Gasteiger partial charge in [-0.25, -0.2) is 4.57 Å². The molecule has 23 heavy (non-hydrogen) atoms. The van der Waals surface area contributed by atoms with Gasteiger partial charge >= 0.3 is 7.82 Å². The molecule has 3 rings (SSSR count). The molecule has 2 unspecified atom stereocenters. The van der Waals surface area contributed by atoms with E-state index in [1.165, 1.54) is 17.7 Å². The predicted octanol–water partition coefficient (Wildman–Crippen LogP) is 0.293. The highest BCUT2D eigenvalue weighted by Gasteiger charge is 2.64. The van der Waals surface area contributed by atoms with Crippen LogP contribution in [0, 0.1) is 0 Å². The lowest BCUT2D eigenvalue weighted by molar-refractivity contribution is -0.190. The second kappa shape index (κ2) is 6.10. The molecule has 2 aliphatic rings. The third-order valence-corrected chi connectivity index (χ3v) is 4.92. The van der Waals surface area contributed by atoms with Crippen LogP contribution in [-0.4, -0.2) is 54.7 Å². The zero-order valence-corrected chi connectivity index (χ0v) is 13.5. The molecule has 0 amide bonds. The van der Waals surface area contributed by atoms with Crippen LogP contribution in [0.5, 0.6) is 0 Å². The standard InChI is InChI=1S/C13H18NO8P/c1-18-7-13-8-20-10(11(13)22-23(16,17)19-2)12(21-13)14-6-4-3-5-9(14)15/h3-6,10-12H,7-8H2,1-2H3,(H,16,17)/t10-,11?,12+,13-/m0/s1. The van der Waals surface area contributed by atoms with Crippen LogP contribution in [0.25, 0.3) is 0 Å². The number of methoxy groups -OCH3 is 1. The summed E-state index contributed by atoms with van der Waals surface area (Å²) in [6.07, 6.45) is -0.866. The summed E-state index contributed by atoms with van der Waals surface area (Å²) in [4.78, 5) is 21.7. The summed E-state index contributed by atoms with van der Waals surface area (Å²) in [5.41, 5.74) is -1.37. The molecule has 0 saturated carbocycles. The summed E-state index contributed by atoms with van der Waals surface area (Å²) in [6, 6.07) is 4.68. The van der Waals surface area contributed by atoms with E-state index in [2.05, 4.69) is 4.52 Å². The van der Waals surface area contributed by atoms with Crippen LogP contribution in [0.4, 0.5) is 0 Å². The minimum absolute atomic E-state index is 0.0793. The van der Waals surface area contributed by atoms with Crippen molar-refractivity contribution in [1.29, 1.82) is 0 Å². The Labute approximate surface area is 132 Å². The van der Waals surface area contributed by atoms with Crippen molar-refractivity contribution in [2.24, 2.45) is 0 Å². The molecular weight excluding hydrogens is 329 g/mol. The maximum absolute atomic E-state index is 12.0. The number of aromatic nitrogens is 1. The number of phosphoric ester groups is 1. The molecular formula is C13H18NO8P. The monoisotopic (exact) mass is 347 g/mol. The van der Waals surface area contributed by atoms with Gasteiger partial charge in [0.1, 0.15) is 17.8 Å². The average molecular weight is 347 g/mol. The number of nitrogens with zero attached hydrogens (tertiary/aromatic N) is 1. The van der Waals surface area contributed by atoms with Crippen LogP contribution in [-0.2, 0) is 27.8 Å². The van der Waals surface area contributed by atoms with Crippen molar-refractivity contribution in [3.63, 3.8) is 0 Å². The van der Waals surface area contributed by atoms with E-state index < -0.39 is 31.9 Å². The Bertz CT molecular complexity index is 678. The first-order chi connectivity index (χ1) is 10.9. The van der Waals surface area contributed by atoms with Crippen molar-refractivity contribution >= 4 is 7.82 Å². The van der Waals surface area contributed by atoms with Crippen molar-refractivity contribution in [1.82, 2.24) is 4.57 Å². The molecule has 5 atom stereocenters. The smallest absolute Gasteiger partial charge is 0.381 e. The van der Waals surface area contributed by atoms with Crippen LogP contribution >= 0.6 is 7.82 Å². The zero-order valence-electron chi connectivity index (χ0n) is 12.7. The van der Waals surface area contributed by atoms with Gasteiger partial charge in [0.15, 0.2) is 6.23 Å². The van der Waals surface area contributed by atoms with Gasteiger partial charge in [0.2, 0.25) is 0 Å². The van der Waals surface area contributed by atoms with E-state index in [4.69, 9.17) is 18.7 Å². The summed E-state index contributed by atoms with van der Waals surface area (Å²) in [5, 5.41) is 0. The third kappa shape index (κ3) is 2.89. The summed E-state index contributed by atoms with van der Waals surface area (Å²) in [7, 11) is -1.71. The SMILES string of the molecule is COC[C@]12CO[C@@H](C1OP(=O)(O)OC)[C@H](n1ccccc1=O)O2. The molecule has 1 aromatic heterocycles. The summed E-state index contributed by atoms with van der Waals surface area (Å²) in [5.74, 6) is 0. The van der Waals surface area contributed by atoms with Gasteiger partial charge in [-0.15, -0.1) is 0 Å². The topological polar surface area (TPSA) is 105 Å². The molecule has 2 saturated heterocycles. The summed E-state index contributed by atoms with van der Waals surface area (Å²) < 4.78 is 39.6. The normalized spacial score (nSPS) is 35.3. The van der Waals surface area contributed by atoms with Gasteiger partial charge in [-0.05, 0) is 6.07 Å². The van der Waals surface area contributed by atoms with E-state index in [1.54, 1.807) is 18.3 Å². The molecule has 0 aliphatic carbocycles. The molecule has 1 N–H and O–H groups in total. The van der Waals surface area contributed by atoms with Crippen LogP contribution in [0.15, 0.2) is 29.2 Å². The first-order valence-electron chi connectivity index (χ1n) is 6.95. The largest absolute Gasteiger partial charge is 0.472 e. The van der Waals surface area contributed by atoms with Gasteiger partial charge in [-0.1, -0.05) is 6.07 Å². The first-order valence-corrected chi connectivity index (χ1v) is 8.44. The Morgan fingerprint density at radius 1 is 1.48 bits per heavy atom. The second-order valence-electron chi connectivity index (χ2n) is 5.41. The number of phosphoric acid groups is 1. The van der Waals surface area contributed by atoms with Gasteiger partial charge < -0.3 is 19.1 Å². The number of hydrogen-bond acceptors (Lipinski definition) is 7. The second-order valence-corrected chi connectivity index (χ2v) is 6.92. The number of rotatable bonds is 6. The Morgan fingerprint density at radius 3 is 2.91 bits per heavy atom. The van der Waals surface area contributed by atoms with E-state index in [0.717, 1.165) is 7.11 Å². The van der Waals surface area contributed by atoms with Gasteiger partial charge in [0.05, 0.1) is 13.2 Å². The maximum Gasteiger partial charge on any atom is 0.472 e. The van der Waals surface area contributed by atoms with Crippen LogP contribution in [0.2, 0.25) is 0 Å². The van der Waals surface area contributed by atoms with Gasteiger partial charge in [-0.3, -0.25) is 18.4 Å². The highest BCUT2D eigenvalue weighted by Crippen LogP contribution is 2.54. The highest BCUT2D eigenvalue weighted by atomic mass is 31.2. The Balaban J connectivity index is 1.95. The number of pyridine rings is 1. The third-order valence-electron chi connectivity index (χ3n) is 3.96. The van der Waals surface area contributed by atoms with Gasteiger partial charge in [0.25, 0.3) is 5.56 Å². The lowest BCUT2D eigenvalue weighted by Gasteiger charge is -2.31. The fourth-order valence-electron chi connectivity index (χ4n) is 2.96. The minimum Gasteiger partial charge on any atom is -0.381 e. The fourth-order valence-corrected chi connectivity index (χ4v) is 3.64. The van der Waals surface area contributed by atoms with E-state index in [-0.39, 0.29) is 18.8 Å². The molecule has 2 aliphatic heterocycles. The van der Waals surface area contributed by atoms with Gasteiger partial charge in [-0.2, -0.15) is 0 Å². The lowest BCUT2D eigenvalue weighted by atomic mass is 10.0. The van der Waals surface area contributed by atoms with E-state index >= 15 is 0 Å². The molecule has 128 valence electrons. The molecule has 0 spiro atoms. The summed E-state index contributed by atoms with van der Waals surface area (Å²) >= 11 is 0. The lowest BCUT2D eigenvalue weighted by Crippen LogP contribution is -2.45. The molecule has 3 heterocycles. The molecule has 2 fully saturated rings. The number of fused-ring (bicyclic) bond motifs is 2. The zero-order chi connectivity index (χ0) is 16.7. The highest BCUT2D eigenvalue weighted by molar-refractivity contribution is 7.47. The number of ether oxygens (including phenoxy) is 3. The van der Waals surface area contributed by atoms with Gasteiger partial charge in [0, 0.05) is 26.5 Å². The predicted molar refractivity (Wildman–Crippen MR) is 76.9 cm³/mol. The molecule has 9 nitrogen and oxygen atoms in total. The fraction of sp³-hybridized carbons (Fsp3) is 0.615. The first kappa shape index (κ1) is 16.8. The Hall–Kier alpha value is -1.06. The molecule has 0 radical (unpaired) electrons. The minimum atomic E-state index is -4.26. The summed E-state index contributed by atoms with van der Waals surface area (Å²) in [6.45, 7) is 0.202. The van der Waals surface area contributed by atoms with E-state index in [9.17, 15) is 14.3 Å². The van der Waals surface area contributed by atoms with Crippen LogP contribution < -0.4 is 5.56 Å². The molecule has 1 aromatic rings. The van der Waals surface area contributed by atoms with Crippen molar-refractivity contribution in [2.75, 3.05) is 27.4 Å². The Kier molecular flexibility index (Phi) is 4.45. The van der Waals surface area contributed by atoms with Crippen molar-refractivity contribution in [2.45, 2.75) is 24.0 Å². The van der Waals surface area contributed by atoms with Crippen molar-refractivity contribution in [3.8, 4) is 0 Å². The molecule has 10 heteroatoms. The Morgan fingerprint density at radius 2 is 2.26 bits per heavy atom. The van der Waals surface area contributed by atoms with E-state index in [1.807, 2.05) is 0 Å². The van der Waals surface area contributed by atoms with Crippen molar-refractivity contribution in [3.05, 3.63) is 34.7 Å². The quantitative estimate of drug-likeness (QED) is 0.732. The van der Waals surface area contributed by atoms with Crippen molar-refractivity contribution < 1.29 is 32.7 Å². The molecule has 2 bridgehead atoms. The van der Waals surface area contributed by atoms with Crippen LogP contribution in [0.1, 0.15) is 6.23 Å².